The molecule has 0 unspecified atom stereocenters. The maximum atomic E-state index is 3.76. The molecule has 0 fully saturated rings. The van der Waals surface area contributed by atoms with Crippen molar-refractivity contribution >= 4 is 0 Å². The standard InChI is InChI=1S/C7H15.Rh/c1-3-5-7-6-4-2;/h1,3-7H2,2H3;/q-1;. The van der Waals surface area contributed by atoms with E-state index in [0.717, 1.165) is 6.42 Å². The van der Waals surface area contributed by atoms with Crippen molar-refractivity contribution in [2.24, 2.45) is 0 Å². The second-order valence-corrected chi connectivity index (χ2v) is 1.91. The first kappa shape index (κ1) is 11.4. The fourth-order valence-electron chi connectivity index (χ4n) is 0.604. The molecular formula is C7H15Rh-. The zero-order valence-corrected chi connectivity index (χ0v) is 7.21. The first-order valence-electron chi connectivity index (χ1n) is 3.21. The van der Waals surface area contributed by atoms with Gasteiger partial charge in [0.05, 0.1) is 0 Å². The van der Waals surface area contributed by atoms with Crippen LogP contribution in [0.25, 0.3) is 0 Å². The van der Waals surface area contributed by atoms with E-state index in [0.29, 0.717) is 0 Å². The Hall–Kier alpha value is 0.623. The summed E-state index contributed by atoms with van der Waals surface area (Å²) in [7, 11) is 0. The molecule has 0 aliphatic rings. The average Bonchev–Trinajstić information content (AvgIpc) is 1.69. The van der Waals surface area contributed by atoms with Crippen molar-refractivity contribution in [1.29, 1.82) is 0 Å². The number of hydrogen-bond acceptors (Lipinski definition) is 0. The minimum absolute atomic E-state index is 0. The molecule has 0 aliphatic heterocycles. The molecule has 0 saturated heterocycles. The van der Waals surface area contributed by atoms with Gasteiger partial charge in [-0.2, -0.15) is 6.42 Å². The van der Waals surface area contributed by atoms with E-state index in [4.69, 9.17) is 0 Å². The fourth-order valence-corrected chi connectivity index (χ4v) is 0.604. The summed E-state index contributed by atoms with van der Waals surface area (Å²) in [6.07, 6.45) is 6.52. The van der Waals surface area contributed by atoms with Crippen LogP contribution >= 0.6 is 0 Å². The Morgan fingerprint density at radius 1 is 1.12 bits per heavy atom. The topological polar surface area (TPSA) is 0 Å². The molecule has 0 aromatic rings. The molecule has 0 N–H and O–H groups in total. The van der Waals surface area contributed by atoms with Crippen LogP contribution in [0.15, 0.2) is 0 Å². The van der Waals surface area contributed by atoms with E-state index in [2.05, 4.69) is 13.8 Å². The van der Waals surface area contributed by atoms with Crippen molar-refractivity contribution in [2.45, 2.75) is 39.0 Å². The molecule has 0 amide bonds. The van der Waals surface area contributed by atoms with Crippen molar-refractivity contribution in [2.75, 3.05) is 0 Å². The third-order valence-electron chi connectivity index (χ3n) is 1.10. The molecular weight excluding hydrogens is 187 g/mol. The first-order valence-corrected chi connectivity index (χ1v) is 3.21. The van der Waals surface area contributed by atoms with Gasteiger partial charge >= 0.3 is 0 Å². The predicted octanol–water partition coefficient (Wildman–Crippen LogP) is 2.79. The summed E-state index contributed by atoms with van der Waals surface area (Å²) in [6, 6.07) is 0. The molecule has 0 rings (SSSR count). The number of unbranched alkanes of at least 4 members (excludes halogenated alkanes) is 4. The molecule has 0 aromatic heterocycles. The van der Waals surface area contributed by atoms with Crippen LogP contribution in [0.3, 0.4) is 0 Å². The van der Waals surface area contributed by atoms with Gasteiger partial charge in [0.2, 0.25) is 0 Å². The van der Waals surface area contributed by atoms with Crippen LogP contribution in [0.4, 0.5) is 0 Å². The molecule has 0 nitrogen and oxygen atoms in total. The zero-order chi connectivity index (χ0) is 5.54. The Kier molecular flexibility index (Phi) is 15.1. The van der Waals surface area contributed by atoms with E-state index >= 15 is 0 Å². The molecule has 53 valence electrons. The molecule has 1 radical (unpaired) electrons. The van der Waals surface area contributed by atoms with Crippen LogP contribution in [-0.4, -0.2) is 0 Å². The van der Waals surface area contributed by atoms with Gasteiger partial charge in [-0.05, 0) is 0 Å². The van der Waals surface area contributed by atoms with Gasteiger partial charge in [0, 0.05) is 19.5 Å². The average molecular weight is 202 g/mol. The van der Waals surface area contributed by atoms with E-state index in [-0.39, 0.29) is 19.5 Å². The minimum Gasteiger partial charge on any atom is -0.343 e. The summed E-state index contributed by atoms with van der Waals surface area (Å²) in [5.41, 5.74) is 0. The molecule has 1 heteroatoms. The smallest absolute Gasteiger partial charge is 0 e. The maximum Gasteiger partial charge on any atom is 0 e. The van der Waals surface area contributed by atoms with Gasteiger partial charge in [0.1, 0.15) is 0 Å². The molecule has 0 atom stereocenters. The van der Waals surface area contributed by atoms with Crippen LogP contribution < -0.4 is 0 Å². The Morgan fingerprint density at radius 2 is 1.75 bits per heavy atom. The molecule has 8 heavy (non-hydrogen) atoms. The summed E-state index contributed by atoms with van der Waals surface area (Å²) in [4.78, 5) is 0. The van der Waals surface area contributed by atoms with Crippen LogP contribution in [0.5, 0.6) is 0 Å². The fraction of sp³-hybridized carbons (Fsp3) is 0.857. The molecule has 0 heterocycles. The van der Waals surface area contributed by atoms with Crippen molar-refractivity contribution < 1.29 is 19.5 Å². The van der Waals surface area contributed by atoms with E-state index < -0.39 is 0 Å². The SMILES string of the molecule is [CH2-]CCCCCC.[Rh]. The molecule has 0 saturated carbocycles. The van der Waals surface area contributed by atoms with E-state index in [1.165, 1.54) is 25.7 Å². The van der Waals surface area contributed by atoms with Gasteiger partial charge in [-0.25, -0.2) is 0 Å². The summed E-state index contributed by atoms with van der Waals surface area (Å²) in [6.45, 7) is 5.98. The van der Waals surface area contributed by atoms with Crippen LogP contribution in [-0.2, 0) is 19.5 Å². The molecule has 0 aromatic carbocycles. The van der Waals surface area contributed by atoms with Crippen molar-refractivity contribution in [3.05, 3.63) is 6.92 Å². The Labute approximate surface area is 65.8 Å². The number of hydrogen-bond donors (Lipinski definition) is 0. The van der Waals surface area contributed by atoms with Crippen LogP contribution in [0.2, 0.25) is 0 Å². The van der Waals surface area contributed by atoms with Gasteiger partial charge in [-0.3, -0.25) is 0 Å². The van der Waals surface area contributed by atoms with E-state index in [1.54, 1.807) is 0 Å². The van der Waals surface area contributed by atoms with Crippen LogP contribution in [0, 0.1) is 6.92 Å². The quantitative estimate of drug-likeness (QED) is 0.373. The van der Waals surface area contributed by atoms with Crippen molar-refractivity contribution in [3.8, 4) is 0 Å². The third-order valence-corrected chi connectivity index (χ3v) is 1.10. The Bertz CT molecular complexity index is 23.6. The minimum atomic E-state index is 0. The van der Waals surface area contributed by atoms with E-state index in [1.807, 2.05) is 0 Å². The summed E-state index contributed by atoms with van der Waals surface area (Å²) >= 11 is 0. The Balaban J connectivity index is 0. The summed E-state index contributed by atoms with van der Waals surface area (Å²) < 4.78 is 0. The normalized spacial score (nSPS) is 8.25. The summed E-state index contributed by atoms with van der Waals surface area (Å²) in [5.74, 6) is 0. The van der Waals surface area contributed by atoms with Crippen molar-refractivity contribution in [1.82, 2.24) is 0 Å². The van der Waals surface area contributed by atoms with Gasteiger partial charge in [-0.1, -0.05) is 32.6 Å². The molecule has 0 bridgehead atoms. The second kappa shape index (κ2) is 10.6. The number of rotatable bonds is 4. The van der Waals surface area contributed by atoms with E-state index in [9.17, 15) is 0 Å². The largest absolute Gasteiger partial charge is 0.343 e. The second-order valence-electron chi connectivity index (χ2n) is 1.91. The van der Waals surface area contributed by atoms with Gasteiger partial charge in [0.25, 0.3) is 0 Å². The van der Waals surface area contributed by atoms with Crippen LogP contribution in [0.1, 0.15) is 39.0 Å². The van der Waals surface area contributed by atoms with Gasteiger partial charge < -0.3 is 6.92 Å². The predicted molar refractivity (Wildman–Crippen MR) is 34.1 cm³/mol. The third kappa shape index (κ3) is 9.80. The first-order chi connectivity index (χ1) is 3.41. The maximum absolute atomic E-state index is 3.76. The Morgan fingerprint density at radius 3 is 2.12 bits per heavy atom. The van der Waals surface area contributed by atoms with Gasteiger partial charge in [-0.15, -0.1) is 0 Å². The molecule has 0 aliphatic carbocycles. The van der Waals surface area contributed by atoms with Crippen molar-refractivity contribution in [3.63, 3.8) is 0 Å². The summed E-state index contributed by atoms with van der Waals surface area (Å²) in [5, 5.41) is 0. The molecule has 0 spiro atoms. The zero-order valence-electron chi connectivity index (χ0n) is 5.58. The monoisotopic (exact) mass is 202 g/mol. The van der Waals surface area contributed by atoms with Gasteiger partial charge in [0.15, 0.2) is 0 Å².